The van der Waals surface area contributed by atoms with E-state index >= 15 is 0 Å². The van der Waals surface area contributed by atoms with Crippen molar-refractivity contribution >= 4 is 28.5 Å². The van der Waals surface area contributed by atoms with E-state index in [1.807, 2.05) is 13.8 Å². The van der Waals surface area contributed by atoms with Crippen LogP contribution in [-0.4, -0.2) is 79.5 Å². The lowest BCUT2D eigenvalue weighted by Gasteiger charge is -2.26. The lowest BCUT2D eigenvalue weighted by Crippen LogP contribution is -2.43. The second-order valence-corrected chi connectivity index (χ2v) is 11.6. The molecule has 0 saturated carbocycles. The van der Waals surface area contributed by atoms with Gasteiger partial charge in [-0.3, -0.25) is 9.29 Å². The summed E-state index contributed by atoms with van der Waals surface area (Å²) in [6.07, 6.45) is 0.191. The normalized spacial score (nSPS) is 13.3. The highest BCUT2D eigenvalue weighted by Gasteiger charge is 2.36. The highest BCUT2D eigenvalue weighted by molar-refractivity contribution is 7.93. The molecule has 3 aromatic rings. The number of amidine groups is 1. The number of para-hydroxylation sites is 1. The summed E-state index contributed by atoms with van der Waals surface area (Å²) in [5.74, 6) is 1.27. The van der Waals surface area contributed by atoms with Crippen LogP contribution in [0.5, 0.6) is 17.4 Å². The van der Waals surface area contributed by atoms with Crippen LogP contribution in [0.1, 0.15) is 34.6 Å². The van der Waals surface area contributed by atoms with Gasteiger partial charge in [0.1, 0.15) is 34.2 Å². The number of allylic oxidation sites excluding steroid dienone is 1. The maximum absolute atomic E-state index is 13.9. The predicted molar refractivity (Wildman–Crippen MR) is 163 cm³/mol. The van der Waals surface area contributed by atoms with E-state index in [1.165, 1.54) is 32.8 Å². The Morgan fingerprint density at radius 3 is 2.19 bits per heavy atom. The van der Waals surface area contributed by atoms with Crippen molar-refractivity contribution in [2.45, 2.75) is 52.1 Å². The molecule has 0 bridgehead atoms. The second kappa shape index (κ2) is 14.0. The minimum absolute atomic E-state index is 0.122. The molecular formula is C28H37N7O6S. The minimum atomic E-state index is -4.22. The van der Waals surface area contributed by atoms with Crippen molar-refractivity contribution in [1.29, 1.82) is 0 Å². The molecule has 0 aliphatic rings. The molecule has 14 heteroatoms. The molecule has 2 aromatic heterocycles. The summed E-state index contributed by atoms with van der Waals surface area (Å²) >= 11 is 0. The van der Waals surface area contributed by atoms with Crippen LogP contribution in [0, 0.1) is 0 Å². The monoisotopic (exact) mass is 599 g/mol. The van der Waals surface area contributed by atoms with Gasteiger partial charge in [-0.05, 0) is 59.5 Å². The predicted octanol–water partition coefficient (Wildman–Crippen LogP) is 4.30. The van der Waals surface area contributed by atoms with Crippen molar-refractivity contribution in [2.75, 3.05) is 26.1 Å². The Labute approximate surface area is 246 Å². The van der Waals surface area contributed by atoms with Crippen LogP contribution in [0.15, 0.2) is 58.2 Å². The van der Waals surface area contributed by atoms with Gasteiger partial charge >= 0.3 is 0 Å². The maximum Gasteiger partial charge on any atom is 0.243 e. The first-order chi connectivity index (χ1) is 20.0. The third kappa shape index (κ3) is 7.31. The van der Waals surface area contributed by atoms with Crippen LogP contribution in [0.2, 0.25) is 0 Å². The number of nitrogens with one attached hydrogen (secondary N) is 1. The molecule has 1 aromatic carbocycles. The standard InChI is InChI=1S/C28H37N7O6S/c1-17(2)16-30-26(29-6)25(41-18(3)4)19(5)42(36,37)34-28-33-32-27(20-12-10-15-23(31-20)40-9)35(28)24-21(38-7)13-11-14-22(24)39-8/h10-16,18-19,25H,6H2,1-5,7-9H3,(H,33,34)/b30-26-/t19-,25+/m0/s1. The Morgan fingerprint density at radius 2 is 1.64 bits per heavy atom. The number of methoxy groups -OCH3 is 3. The first-order valence-corrected chi connectivity index (χ1v) is 14.5. The van der Waals surface area contributed by atoms with E-state index in [2.05, 4.69) is 36.6 Å². The van der Waals surface area contributed by atoms with Crippen LogP contribution in [0.4, 0.5) is 5.95 Å². The van der Waals surface area contributed by atoms with E-state index in [9.17, 15) is 8.42 Å². The highest BCUT2D eigenvalue weighted by atomic mass is 32.2. The number of ether oxygens (including phenoxy) is 4. The van der Waals surface area contributed by atoms with Gasteiger partial charge in [0.2, 0.25) is 21.9 Å². The summed E-state index contributed by atoms with van der Waals surface area (Å²) in [6, 6.07) is 10.3. The molecule has 13 nitrogen and oxygen atoms in total. The van der Waals surface area contributed by atoms with Gasteiger partial charge in [0.25, 0.3) is 0 Å². The molecule has 2 heterocycles. The van der Waals surface area contributed by atoms with E-state index in [4.69, 9.17) is 18.9 Å². The molecule has 1 N–H and O–H groups in total. The molecule has 226 valence electrons. The van der Waals surface area contributed by atoms with Gasteiger partial charge in [0, 0.05) is 12.3 Å². The van der Waals surface area contributed by atoms with Gasteiger partial charge in [0.15, 0.2) is 11.7 Å². The summed E-state index contributed by atoms with van der Waals surface area (Å²) in [4.78, 5) is 12.8. The van der Waals surface area contributed by atoms with Crippen LogP contribution < -0.4 is 18.9 Å². The lowest BCUT2D eigenvalue weighted by molar-refractivity contribution is 0.0459. The van der Waals surface area contributed by atoms with E-state index in [0.717, 1.165) is 5.57 Å². The third-order valence-electron chi connectivity index (χ3n) is 5.89. The summed E-state index contributed by atoms with van der Waals surface area (Å²) in [5, 5.41) is 7.31. The maximum atomic E-state index is 13.9. The Hall–Kier alpha value is -4.30. The first kappa shape index (κ1) is 32.2. The van der Waals surface area contributed by atoms with E-state index < -0.39 is 21.4 Å². The van der Waals surface area contributed by atoms with Crippen LogP contribution in [0.3, 0.4) is 0 Å². The molecule has 0 amide bonds. The number of hydrogen-bond donors (Lipinski definition) is 1. The van der Waals surface area contributed by atoms with E-state index in [0.29, 0.717) is 28.8 Å². The van der Waals surface area contributed by atoms with Crippen LogP contribution >= 0.6 is 0 Å². The fraction of sp³-hybridized carbons (Fsp3) is 0.393. The number of sulfonamides is 1. The molecule has 0 aliphatic carbocycles. The molecular weight excluding hydrogens is 562 g/mol. The molecule has 0 spiro atoms. The SMILES string of the molecule is C=N/C(=N\C=C(C)C)[C@H](OC(C)C)[C@H](C)S(=O)(=O)Nc1nnc(-c2cccc(OC)n2)n1-c1c(OC)cccc1OC. The molecule has 2 atom stereocenters. The second-order valence-electron chi connectivity index (χ2n) is 9.57. The van der Waals surface area contributed by atoms with Gasteiger partial charge in [-0.1, -0.05) is 17.7 Å². The van der Waals surface area contributed by atoms with E-state index in [1.54, 1.807) is 56.4 Å². The number of nitrogens with zero attached hydrogens (tertiary/aromatic N) is 6. The zero-order chi connectivity index (χ0) is 31.0. The summed E-state index contributed by atoms with van der Waals surface area (Å²) < 4.78 is 54.4. The summed E-state index contributed by atoms with van der Waals surface area (Å²) in [7, 11) is 0.248. The lowest BCUT2D eigenvalue weighted by atomic mass is 10.2. The van der Waals surface area contributed by atoms with Crippen molar-refractivity contribution < 1.29 is 27.4 Å². The van der Waals surface area contributed by atoms with Crippen molar-refractivity contribution in [3.63, 3.8) is 0 Å². The number of anilines is 1. The van der Waals surface area contributed by atoms with Crippen molar-refractivity contribution in [2.24, 2.45) is 9.98 Å². The fourth-order valence-corrected chi connectivity index (χ4v) is 4.97. The molecule has 0 radical (unpaired) electrons. The number of benzene rings is 1. The van der Waals surface area contributed by atoms with Gasteiger partial charge in [-0.15, -0.1) is 10.2 Å². The quantitative estimate of drug-likeness (QED) is 0.224. The third-order valence-corrected chi connectivity index (χ3v) is 7.58. The van der Waals surface area contributed by atoms with Gasteiger partial charge < -0.3 is 18.9 Å². The highest BCUT2D eigenvalue weighted by Crippen LogP contribution is 2.37. The Balaban J connectivity index is 2.22. The first-order valence-electron chi connectivity index (χ1n) is 13.0. The van der Waals surface area contributed by atoms with Crippen molar-refractivity contribution in [1.82, 2.24) is 19.7 Å². The van der Waals surface area contributed by atoms with E-state index in [-0.39, 0.29) is 23.7 Å². The Kier molecular flexibility index (Phi) is 10.8. The smallest absolute Gasteiger partial charge is 0.243 e. The van der Waals surface area contributed by atoms with Crippen LogP contribution in [-0.2, 0) is 14.8 Å². The fourth-order valence-electron chi connectivity index (χ4n) is 3.89. The van der Waals surface area contributed by atoms with Crippen molar-refractivity contribution in [3.8, 4) is 34.6 Å². The molecule has 0 saturated heterocycles. The van der Waals surface area contributed by atoms with Crippen LogP contribution in [0.25, 0.3) is 17.2 Å². The molecule has 0 unspecified atom stereocenters. The van der Waals surface area contributed by atoms with Gasteiger partial charge in [-0.25, -0.2) is 23.4 Å². The van der Waals surface area contributed by atoms with Crippen molar-refractivity contribution in [3.05, 3.63) is 48.2 Å². The Bertz CT molecular complexity index is 1540. The minimum Gasteiger partial charge on any atom is -0.494 e. The number of rotatable bonds is 13. The molecule has 42 heavy (non-hydrogen) atoms. The average Bonchev–Trinajstić information content (AvgIpc) is 3.37. The number of hydrogen-bond acceptors (Lipinski definition) is 10. The summed E-state index contributed by atoms with van der Waals surface area (Å²) in [5.41, 5.74) is 1.61. The number of pyridine rings is 1. The van der Waals surface area contributed by atoms with Gasteiger partial charge in [0.05, 0.1) is 27.4 Å². The number of aliphatic imine (C=N–C) groups is 2. The zero-order valence-corrected chi connectivity index (χ0v) is 25.8. The Morgan fingerprint density at radius 1 is 1.00 bits per heavy atom. The molecule has 0 aliphatic heterocycles. The zero-order valence-electron chi connectivity index (χ0n) is 25.0. The molecule has 3 rings (SSSR count). The number of aromatic nitrogens is 4. The van der Waals surface area contributed by atoms with Gasteiger partial charge in [-0.2, -0.15) is 0 Å². The average molecular weight is 600 g/mol. The molecule has 0 fully saturated rings. The topological polar surface area (TPSA) is 151 Å². The summed E-state index contributed by atoms with van der Waals surface area (Å²) in [6.45, 7) is 12.4. The largest absolute Gasteiger partial charge is 0.494 e.